The molecule has 3 fully saturated rings. The summed E-state index contributed by atoms with van der Waals surface area (Å²) in [6.45, 7) is 5.44. The highest BCUT2D eigenvalue weighted by atomic mass is 19.1. The molecule has 4 heterocycles. The van der Waals surface area contributed by atoms with Crippen LogP contribution in [0.1, 0.15) is 38.5 Å². The first kappa shape index (κ1) is 17.0. The third kappa shape index (κ3) is 3.72. The number of β-amino-alcohol motifs (C(OH)–C–C–N with tert-alkyl or cyclic N) is 1. The molecule has 0 radical (unpaired) electrons. The largest absolute Gasteiger partial charge is 0.392 e. The second kappa shape index (κ2) is 7.41. The SMILES string of the molecule is O[C@H]1CCCN(C2CCN(c3ncc(F)c(N4CCCC4)n3)CC2)C1. The van der Waals surface area contributed by atoms with Crippen molar-refractivity contribution in [3.63, 3.8) is 0 Å². The monoisotopic (exact) mass is 349 g/mol. The Labute approximate surface area is 148 Å². The van der Waals surface area contributed by atoms with Gasteiger partial charge in [0.2, 0.25) is 5.95 Å². The molecule has 1 N–H and O–H groups in total. The minimum absolute atomic E-state index is 0.171. The molecule has 0 amide bonds. The smallest absolute Gasteiger partial charge is 0.227 e. The molecule has 3 aliphatic rings. The number of halogens is 1. The van der Waals surface area contributed by atoms with Crippen molar-refractivity contribution in [3.8, 4) is 0 Å². The van der Waals surface area contributed by atoms with Crippen LogP contribution in [0.3, 0.4) is 0 Å². The molecule has 0 saturated carbocycles. The van der Waals surface area contributed by atoms with E-state index < -0.39 is 0 Å². The molecule has 6 nitrogen and oxygen atoms in total. The Balaban J connectivity index is 1.39. The average molecular weight is 349 g/mol. The number of aliphatic hydroxyl groups excluding tert-OH is 1. The summed E-state index contributed by atoms with van der Waals surface area (Å²) in [5.41, 5.74) is 0. The first-order valence-corrected chi connectivity index (χ1v) is 9.65. The maximum atomic E-state index is 14.1. The van der Waals surface area contributed by atoms with Gasteiger partial charge in [-0.2, -0.15) is 4.98 Å². The minimum atomic E-state index is -0.317. The lowest BCUT2D eigenvalue weighted by molar-refractivity contribution is 0.0397. The Morgan fingerprint density at radius 3 is 2.44 bits per heavy atom. The summed E-state index contributed by atoms with van der Waals surface area (Å²) >= 11 is 0. The quantitative estimate of drug-likeness (QED) is 0.895. The molecule has 1 aromatic rings. The Bertz CT molecular complexity index is 587. The van der Waals surface area contributed by atoms with Crippen LogP contribution in [0.15, 0.2) is 6.20 Å². The van der Waals surface area contributed by atoms with Gasteiger partial charge in [-0.3, -0.25) is 4.90 Å². The predicted molar refractivity (Wildman–Crippen MR) is 95.5 cm³/mol. The van der Waals surface area contributed by atoms with Crippen LogP contribution in [0.2, 0.25) is 0 Å². The standard InChI is InChI=1S/C18H28FN5O/c19-16-12-20-18(21-17(16)22-7-1-2-8-22)23-10-5-14(6-11-23)24-9-3-4-15(25)13-24/h12,14-15,25H,1-11,13H2/t15-/m0/s1. The van der Waals surface area contributed by atoms with Gasteiger partial charge in [0.1, 0.15) is 0 Å². The number of hydrogen-bond donors (Lipinski definition) is 1. The van der Waals surface area contributed by atoms with Crippen LogP contribution in [0.25, 0.3) is 0 Å². The number of aromatic nitrogens is 2. The third-order valence-corrected chi connectivity index (χ3v) is 5.81. The predicted octanol–water partition coefficient (Wildman–Crippen LogP) is 1.64. The Kier molecular flexibility index (Phi) is 5.03. The minimum Gasteiger partial charge on any atom is -0.392 e. The summed E-state index contributed by atoms with van der Waals surface area (Å²) < 4.78 is 14.1. The van der Waals surface area contributed by atoms with E-state index in [0.29, 0.717) is 17.8 Å². The van der Waals surface area contributed by atoms with Crippen molar-refractivity contribution in [2.24, 2.45) is 0 Å². The lowest BCUT2D eigenvalue weighted by Gasteiger charge is -2.41. The van der Waals surface area contributed by atoms with E-state index in [0.717, 1.165) is 77.8 Å². The molecule has 7 heteroatoms. The van der Waals surface area contributed by atoms with Gasteiger partial charge in [0.25, 0.3) is 0 Å². The van der Waals surface area contributed by atoms with E-state index in [1.807, 2.05) is 4.90 Å². The molecule has 0 bridgehead atoms. The van der Waals surface area contributed by atoms with E-state index in [2.05, 4.69) is 19.8 Å². The van der Waals surface area contributed by atoms with Crippen molar-refractivity contribution in [1.82, 2.24) is 14.9 Å². The molecule has 0 aromatic carbocycles. The molecule has 0 spiro atoms. The summed E-state index contributed by atoms with van der Waals surface area (Å²) in [5.74, 6) is 0.798. The molecule has 1 atom stereocenters. The molecule has 3 aliphatic heterocycles. The van der Waals surface area contributed by atoms with Crippen LogP contribution in [-0.2, 0) is 0 Å². The van der Waals surface area contributed by atoms with Gasteiger partial charge >= 0.3 is 0 Å². The molecule has 138 valence electrons. The highest BCUT2D eigenvalue weighted by molar-refractivity contribution is 5.46. The maximum absolute atomic E-state index is 14.1. The molecular formula is C18H28FN5O. The zero-order valence-electron chi connectivity index (χ0n) is 14.8. The second-order valence-corrected chi connectivity index (χ2v) is 7.54. The van der Waals surface area contributed by atoms with Gasteiger partial charge in [-0.15, -0.1) is 0 Å². The van der Waals surface area contributed by atoms with E-state index in [1.54, 1.807) is 0 Å². The molecule has 0 aliphatic carbocycles. The van der Waals surface area contributed by atoms with Crippen LogP contribution >= 0.6 is 0 Å². The van der Waals surface area contributed by atoms with Crippen molar-refractivity contribution >= 4 is 11.8 Å². The number of rotatable bonds is 3. The van der Waals surface area contributed by atoms with Crippen LogP contribution in [-0.4, -0.2) is 71.4 Å². The lowest BCUT2D eigenvalue weighted by atomic mass is 9.99. The summed E-state index contributed by atoms with van der Waals surface area (Å²) in [6.07, 6.45) is 7.47. The van der Waals surface area contributed by atoms with Gasteiger partial charge in [0.05, 0.1) is 12.3 Å². The first-order chi connectivity index (χ1) is 12.2. The van der Waals surface area contributed by atoms with Crippen molar-refractivity contribution in [2.45, 2.75) is 50.7 Å². The molecule has 25 heavy (non-hydrogen) atoms. The van der Waals surface area contributed by atoms with Crippen molar-refractivity contribution in [2.75, 3.05) is 49.1 Å². The van der Waals surface area contributed by atoms with Crippen LogP contribution in [0.4, 0.5) is 16.2 Å². The third-order valence-electron chi connectivity index (χ3n) is 5.81. The highest BCUT2D eigenvalue weighted by Crippen LogP contribution is 2.26. The molecule has 3 saturated heterocycles. The Morgan fingerprint density at radius 1 is 0.960 bits per heavy atom. The molecule has 1 aromatic heterocycles. The number of likely N-dealkylation sites (tertiary alicyclic amines) is 1. The first-order valence-electron chi connectivity index (χ1n) is 9.65. The van der Waals surface area contributed by atoms with Gasteiger partial charge in [-0.05, 0) is 45.1 Å². The van der Waals surface area contributed by atoms with E-state index in [-0.39, 0.29) is 11.9 Å². The van der Waals surface area contributed by atoms with Gasteiger partial charge in [0.15, 0.2) is 11.6 Å². The molecule has 4 rings (SSSR count). The number of aliphatic hydroxyl groups is 1. The highest BCUT2D eigenvalue weighted by Gasteiger charge is 2.29. The second-order valence-electron chi connectivity index (χ2n) is 7.54. The number of nitrogens with zero attached hydrogens (tertiary/aromatic N) is 5. The summed E-state index contributed by atoms with van der Waals surface area (Å²) in [7, 11) is 0. The fraction of sp³-hybridized carbons (Fsp3) is 0.778. The number of anilines is 2. The van der Waals surface area contributed by atoms with E-state index >= 15 is 0 Å². The fourth-order valence-corrected chi connectivity index (χ4v) is 4.40. The zero-order chi connectivity index (χ0) is 17.2. The van der Waals surface area contributed by atoms with E-state index in [4.69, 9.17) is 0 Å². The average Bonchev–Trinajstić information content (AvgIpc) is 3.17. The van der Waals surface area contributed by atoms with E-state index in [9.17, 15) is 9.50 Å². The normalized spacial score (nSPS) is 26.4. The van der Waals surface area contributed by atoms with Gasteiger partial charge in [0, 0.05) is 38.8 Å². The van der Waals surface area contributed by atoms with Crippen molar-refractivity contribution in [1.29, 1.82) is 0 Å². The fourth-order valence-electron chi connectivity index (χ4n) is 4.40. The Morgan fingerprint density at radius 2 is 1.72 bits per heavy atom. The summed E-state index contributed by atoms with van der Waals surface area (Å²) in [6, 6.07) is 0.532. The van der Waals surface area contributed by atoms with Crippen molar-refractivity contribution in [3.05, 3.63) is 12.0 Å². The number of hydrogen-bond acceptors (Lipinski definition) is 6. The van der Waals surface area contributed by atoms with Crippen LogP contribution in [0.5, 0.6) is 0 Å². The van der Waals surface area contributed by atoms with Gasteiger partial charge in [-0.1, -0.05) is 0 Å². The van der Waals surface area contributed by atoms with Crippen LogP contribution < -0.4 is 9.80 Å². The lowest BCUT2D eigenvalue weighted by Crippen LogP contribution is -2.50. The molecule has 0 unspecified atom stereocenters. The van der Waals surface area contributed by atoms with Crippen molar-refractivity contribution < 1.29 is 9.50 Å². The topological polar surface area (TPSA) is 55.7 Å². The van der Waals surface area contributed by atoms with E-state index in [1.165, 1.54) is 6.20 Å². The number of piperidine rings is 2. The zero-order valence-corrected chi connectivity index (χ0v) is 14.8. The summed E-state index contributed by atoms with van der Waals surface area (Å²) in [5, 5.41) is 9.89. The molecular weight excluding hydrogens is 321 g/mol. The summed E-state index contributed by atoms with van der Waals surface area (Å²) in [4.78, 5) is 15.4. The Hall–Kier alpha value is -1.47. The maximum Gasteiger partial charge on any atom is 0.227 e. The van der Waals surface area contributed by atoms with Crippen LogP contribution in [0, 0.1) is 5.82 Å². The van der Waals surface area contributed by atoms with Gasteiger partial charge < -0.3 is 14.9 Å². The van der Waals surface area contributed by atoms with Gasteiger partial charge in [-0.25, -0.2) is 9.37 Å².